The highest BCUT2D eigenvalue weighted by Gasteiger charge is 2.31. The summed E-state index contributed by atoms with van der Waals surface area (Å²) in [6.07, 6.45) is -0.435. The standard InChI is InChI=1S/C16H16NO4P/c18-16(21-12-14-9-5-2-6-10-14)17-15(22(19)20)11-13-7-3-1-4-8-13/h1-10,15H,11-12H2,(H-,17,18,19,20)/p+1/t15-/m0/s1. The topological polar surface area (TPSA) is 75.6 Å². The Hall–Kier alpha value is -2.23. The van der Waals surface area contributed by atoms with Crippen molar-refractivity contribution in [2.45, 2.75) is 18.8 Å². The molecule has 1 amide bonds. The zero-order valence-corrected chi connectivity index (χ0v) is 12.8. The third kappa shape index (κ3) is 5.28. The first-order valence-corrected chi connectivity index (χ1v) is 8.09. The summed E-state index contributed by atoms with van der Waals surface area (Å²) in [4.78, 5) is 21.1. The van der Waals surface area contributed by atoms with Crippen LogP contribution in [0.2, 0.25) is 0 Å². The lowest BCUT2D eigenvalue weighted by molar-refractivity contribution is 0.138. The van der Waals surface area contributed by atoms with Crippen molar-refractivity contribution in [2.24, 2.45) is 0 Å². The van der Waals surface area contributed by atoms with Crippen molar-refractivity contribution in [1.82, 2.24) is 5.32 Å². The highest BCUT2D eigenvalue weighted by atomic mass is 31.1. The van der Waals surface area contributed by atoms with E-state index in [2.05, 4.69) is 5.32 Å². The average Bonchev–Trinajstić information content (AvgIpc) is 2.54. The molecule has 0 aliphatic heterocycles. The van der Waals surface area contributed by atoms with Crippen LogP contribution in [0.5, 0.6) is 0 Å². The first-order valence-electron chi connectivity index (χ1n) is 6.81. The van der Waals surface area contributed by atoms with Gasteiger partial charge in [0.2, 0.25) is 0 Å². The van der Waals surface area contributed by atoms with Crippen LogP contribution in [-0.4, -0.2) is 16.8 Å². The van der Waals surface area contributed by atoms with E-state index in [9.17, 15) is 14.3 Å². The van der Waals surface area contributed by atoms with Crippen molar-refractivity contribution < 1.29 is 19.0 Å². The molecular formula is C16H17NO4P+. The maximum Gasteiger partial charge on any atom is 0.531 e. The number of benzene rings is 2. The first kappa shape index (κ1) is 16.1. The van der Waals surface area contributed by atoms with Crippen LogP contribution in [0.25, 0.3) is 0 Å². The lowest BCUT2D eigenvalue weighted by Crippen LogP contribution is -2.34. The van der Waals surface area contributed by atoms with Crippen molar-refractivity contribution in [2.75, 3.05) is 0 Å². The molecular weight excluding hydrogens is 301 g/mol. The molecule has 5 nitrogen and oxygen atoms in total. The molecule has 2 rings (SSSR count). The summed E-state index contributed by atoms with van der Waals surface area (Å²) >= 11 is 0. The Balaban J connectivity index is 1.88. The minimum atomic E-state index is -2.55. The molecule has 0 aromatic heterocycles. The van der Waals surface area contributed by atoms with Gasteiger partial charge in [0, 0.05) is 6.42 Å². The fourth-order valence-electron chi connectivity index (χ4n) is 1.92. The fourth-order valence-corrected chi connectivity index (χ4v) is 2.51. The molecule has 2 aromatic carbocycles. The van der Waals surface area contributed by atoms with Crippen LogP contribution in [-0.2, 0) is 22.3 Å². The molecule has 2 N–H and O–H groups in total. The normalized spacial score (nSPS) is 12.3. The minimum Gasteiger partial charge on any atom is -0.445 e. The van der Waals surface area contributed by atoms with Gasteiger partial charge in [0.1, 0.15) is 6.61 Å². The predicted octanol–water partition coefficient (Wildman–Crippen LogP) is 3.22. The molecule has 0 saturated heterocycles. The Morgan fingerprint density at radius 1 is 1.05 bits per heavy atom. The highest BCUT2D eigenvalue weighted by Crippen LogP contribution is 2.23. The van der Waals surface area contributed by atoms with Crippen LogP contribution in [0.3, 0.4) is 0 Å². The lowest BCUT2D eigenvalue weighted by atomic mass is 10.1. The van der Waals surface area contributed by atoms with Crippen LogP contribution in [0.1, 0.15) is 11.1 Å². The predicted molar refractivity (Wildman–Crippen MR) is 83.5 cm³/mol. The van der Waals surface area contributed by atoms with Gasteiger partial charge in [-0.1, -0.05) is 60.7 Å². The summed E-state index contributed by atoms with van der Waals surface area (Å²) < 4.78 is 16.4. The van der Waals surface area contributed by atoms with E-state index in [-0.39, 0.29) is 13.0 Å². The first-order chi connectivity index (χ1) is 10.6. The number of ether oxygens (including phenoxy) is 1. The summed E-state index contributed by atoms with van der Waals surface area (Å²) in [5.41, 5.74) is 1.72. The summed E-state index contributed by atoms with van der Waals surface area (Å²) in [5.74, 6) is -0.874. The SMILES string of the molecule is O=C(N[C@H](Cc1ccccc1)[P+](=O)O)OCc1ccccc1. The summed E-state index contributed by atoms with van der Waals surface area (Å²) in [6, 6.07) is 18.4. The molecule has 0 heterocycles. The summed E-state index contributed by atoms with van der Waals surface area (Å²) in [7, 11) is -2.55. The highest BCUT2D eigenvalue weighted by molar-refractivity contribution is 7.38. The number of amides is 1. The lowest BCUT2D eigenvalue weighted by Gasteiger charge is -2.09. The number of rotatable bonds is 6. The smallest absolute Gasteiger partial charge is 0.445 e. The number of alkyl carbamates (subject to hydrolysis) is 1. The van der Waals surface area contributed by atoms with Crippen molar-refractivity contribution in [1.29, 1.82) is 0 Å². The molecule has 0 fully saturated rings. The molecule has 0 aliphatic carbocycles. The van der Waals surface area contributed by atoms with Crippen molar-refractivity contribution in [3.05, 3.63) is 71.8 Å². The van der Waals surface area contributed by atoms with Crippen LogP contribution >= 0.6 is 8.03 Å². The Morgan fingerprint density at radius 3 is 2.14 bits per heavy atom. The second-order valence-corrected chi connectivity index (χ2v) is 5.94. The van der Waals surface area contributed by atoms with E-state index in [0.29, 0.717) is 0 Å². The molecule has 2 aromatic rings. The van der Waals surface area contributed by atoms with Gasteiger partial charge in [-0.05, 0) is 15.7 Å². The number of hydrogen-bond donors (Lipinski definition) is 2. The van der Waals surface area contributed by atoms with Crippen LogP contribution in [0, 0.1) is 0 Å². The van der Waals surface area contributed by atoms with E-state index in [1.54, 1.807) is 0 Å². The van der Waals surface area contributed by atoms with Crippen molar-refractivity contribution >= 4 is 14.1 Å². The molecule has 0 saturated carbocycles. The minimum absolute atomic E-state index is 0.118. The Kier molecular flexibility index (Phi) is 6.07. The molecule has 0 aliphatic rings. The maximum absolute atomic E-state index is 11.7. The molecule has 22 heavy (non-hydrogen) atoms. The largest absolute Gasteiger partial charge is 0.531 e. The van der Waals surface area contributed by atoms with E-state index < -0.39 is 19.9 Å². The molecule has 6 heteroatoms. The van der Waals surface area contributed by atoms with Gasteiger partial charge in [-0.2, -0.15) is 4.89 Å². The van der Waals surface area contributed by atoms with Gasteiger partial charge in [-0.25, -0.2) is 4.79 Å². The number of carbonyl (C=O) groups is 1. The van der Waals surface area contributed by atoms with Gasteiger partial charge in [0.25, 0.3) is 5.78 Å². The quantitative estimate of drug-likeness (QED) is 0.802. The molecule has 0 spiro atoms. The van der Waals surface area contributed by atoms with E-state index in [4.69, 9.17) is 4.74 Å². The van der Waals surface area contributed by atoms with Crippen LogP contribution in [0.15, 0.2) is 60.7 Å². The second kappa shape index (κ2) is 8.27. The summed E-state index contributed by atoms with van der Waals surface area (Å²) in [5, 5.41) is 2.44. The zero-order valence-electron chi connectivity index (χ0n) is 11.9. The Bertz CT molecular complexity index is 619. The maximum atomic E-state index is 11.7. The third-order valence-electron chi connectivity index (χ3n) is 3.04. The number of hydrogen-bond acceptors (Lipinski definition) is 3. The number of nitrogens with one attached hydrogen (secondary N) is 1. The van der Waals surface area contributed by atoms with Gasteiger partial charge in [0.15, 0.2) is 0 Å². The fraction of sp³-hybridized carbons (Fsp3) is 0.188. The van der Waals surface area contributed by atoms with Crippen LogP contribution in [0.4, 0.5) is 4.79 Å². The zero-order chi connectivity index (χ0) is 15.8. The average molecular weight is 318 g/mol. The van der Waals surface area contributed by atoms with E-state index >= 15 is 0 Å². The van der Waals surface area contributed by atoms with Crippen LogP contribution < -0.4 is 5.32 Å². The van der Waals surface area contributed by atoms with Gasteiger partial charge in [-0.3, -0.25) is 5.32 Å². The monoisotopic (exact) mass is 318 g/mol. The molecule has 0 radical (unpaired) electrons. The van der Waals surface area contributed by atoms with Gasteiger partial charge >= 0.3 is 14.1 Å². The summed E-state index contributed by atoms with van der Waals surface area (Å²) in [6.45, 7) is 0.118. The van der Waals surface area contributed by atoms with Gasteiger partial charge < -0.3 is 4.74 Å². The van der Waals surface area contributed by atoms with Crippen molar-refractivity contribution in [3.8, 4) is 0 Å². The van der Waals surface area contributed by atoms with E-state index in [1.165, 1.54) is 0 Å². The van der Waals surface area contributed by atoms with Crippen molar-refractivity contribution in [3.63, 3.8) is 0 Å². The van der Waals surface area contributed by atoms with Gasteiger partial charge in [0.05, 0.1) is 0 Å². The number of carbonyl (C=O) groups excluding carboxylic acids is 1. The molecule has 1 unspecified atom stereocenters. The molecule has 114 valence electrons. The molecule has 2 atom stereocenters. The van der Waals surface area contributed by atoms with Gasteiger partial charge in [-0.15, -0.1) is 0 Å². The van der Waals surface area contributed by atoms with E-state index in [0.717, 1.165) is 11.1 Å². The molecule has 0 bridgehead atoms. The Morgan fingerprint density at radius 2 is 1.59 bits per heavy atom. The van der Waals surface area contributed by atoms with E-state index in [1.807, 2.05) is 60.7 Å². The second-order valence-electron chi connectivity index (χ2n) is 4.71. The third-order valence-corrected chi connectivity index (χ3v) is 3.88. The Labute approximate surface area is 129 Å².